The highest BCUT2D eigenvalue weighted by Gasteiger charge is 2.20. The Labute approximate surface area is 100.0 Å². The molecule has 0 radical (unpaired) electrons. The van der Waals surface area contributed by atoms with Gasteiger partial charge in [-0.25, -0.2) is 4.98 Å². The minimum atomic E-state index is 0.702. The Morgan fingerprint density at radius 2 is 2.35 bits per heavy atom. The second-order valence-corrected chi connectivity index (χ2v) is 4.52. The Bertz CT molecular complexity index is 517. The van der Waals surface area contributed by atoms with E-state index in [9.17, 15) is 0 Å². The Morgan fingerprint density at radius 1 is 1.47 bits per heavy atom. The van der Waals surface area contributed by atoms with E-state index in [1.165, 1.54) is 12.8 Å². The van der Waals surface area contributed by atoms with E-state index in [0.717, 1.165) is 35.2 Å². The van der Waals surface area contributed by atoms with Gasteiger partial charge in [-0.15, -0.1) is 0 Å². The number of hydrogen-bond acceptors (Lipinski definition) is 4. The number of rotatable bonds is 5. The molecule has 1 saturated carbocycles. The molecule has 90 valence electrons. The molecule has 4 nitrogen and oxygen atoms in total. The number of fused-ring (bicyclic) bond motifs is 1. The lowest BCUT2D eigenvalue weighted by molar-refractivity contribution is 0.415. The van der Waals surface area contributed by atoms with Gasteiger partial charge in [0.05, 0.1) is 13.7 Å². The molecule has 1 N–H and O–H groups in total. The summed E-state index contributed by atoms with van der Waals surface area (Å²) in [5.41, 5.74) is 1.67. The third-order valence-electron chi connectivity index (χ3n) is 3.05. The monoisotopic (exact) mass is 232 g/mol. The highest BCUT2D eigenvalue weighted by atomic mass is 16.5. The van der Waals surface area contributed by atoms with Crippen LogP contribution in [-0.2, 0) is 6.54 Å². The van der Waals surface area contributed by atoms with Crippen molar-refractivity contribution in [3.63, 3.8) is 0 Å². The number of hydrogen-bond donors (Lipinski definition) is 1. The van der Waals surface area contributed by atoms with Crippen molar-refractivity contribution in [3.05, 3.63) is 24.1 Å². The predicted molar refractivity (Wildman–Crippen MR) is 65.0 cm³/mol. The van der Waals surface area contributed by atoms with Gasteiger partial charge in [0, 0.05) is 6.07 Å². The first-order chi connectivity index (χ1) is 8.35. The topological polar surface area (TPSA) is 47.3 Å². The summed E-state index contributed by atoms with van der Waals surface area (Å²) in [7, 11) is 1.65. The zero-order valence-electron chi connectivity index (χ0n) is 9.90. The van der Waals surface area contributed by atoms with Crippen LogP contribution in [0.15, 0.2) is 22.6 Å². The average molecular weight is 232 g/mol. The summed E-state index contributed by atoms with van der Waals surface area (Å²) in [5, 5.41) is 3.37. The summed E-state index contributed by atoms with van der Waals surface area (Å²) in [5.74, 6) is 2.43. The first-order valence-corrected chi connectivity index (χ1v) is 5.99. The molecule has 1 heterocycles. The molecular weight excluding hydrogens is 216 g/mol. The fourth-order valence-corrected chi connectivity index (χ4v) is 1.86. The lowest BCUT2D eigenvalue weighted by Crippen LogP contribution is -2.16. The first-order valence-electron chi connectivity index (χ1n) is 5.99. The van der Waals surface area contributed by atoms with Gasteiger partial charge in [-0.1, -0.05) is 0 Å². The van der Waals surface area contributed by atoms with E-state index in [2.05, 4.69) is 10.3 Å². The molecule has 0 bridgehead atoms. The van der Waals surface area contributed by atoms with Crippen molar-refractivity contribution in [2.24, 2.45) is 5.92 Å². The van der Waals surface area contributed by atoms with Crippen LogP contribution >= 0.6 is 0 Å². The fourth-order valence-electron chi connectivity index (χ4n) is 1.86. The van der Waals surface area contributed by atoms with Gasteiger partial charge in [-0.2, -0.15) is 0 Å². The molecular formula is C13H16N2O2. The maximum absolute atomic E-state index is 5.64. The largest absolute Gasteiger partial charge is 0.497 e. The number of nitrogens with one attached hydrogen (secondary N) is 1. The molecule has 2 aromatic rings. The van der Waals surface area contributed by atoms with Crippen LogP contribution in [-0.4, -0.2) is 18.6 Å². The van der Waals surface area contributed by atoms with Crippen molar-refractivity contribution in [1.29, 1.82) is 0 Å². The van der Waals surface area contributed by atoms with Crippen LogP contribution in [0.25, 0.3) is 11.1 Å². The standard InChI is InChI=1S/C13H16N2O2/c1-16-10-4-5-12-11(6-10)15-13(17-12)8-14-7-9-2-3-9/h4-6,9,14H,2-3,7-8H2,1H3. The smallest absolute Gasteiger partial charge is 0.209 e. The molecule has 1 aromatic heterocycles. The molecule has 1 fully saturated rings. The highest BCUT2D eigenvalue weighted by Crippen LogP contribution is 2.27. The van der Waals surface area contributed by atoms with Crippen molar-refractivity contribution < 1.29 is 9.15 Å². The second-order valence-electron chi connectivity index (χ2n) is 4.52. The molecule has 0 spiro atoms. The van der Waals surface area contributed by atoms with Crippen LogP contribution in [0.5, 0.6) is 5.75 Å². The van der Waals surface area contributed by atoms with Crippen LogP contribution in [0.2, 0.25) is 0 Å². The first kappa shape index (κ1) is 10.6. The SMILES string of the molecule is COc1ccc2oc(CNCC3CC3)nc2c1. The predicted octanol–water partition coefficient (Wildman–Crippen LogP) is 2.34. The summed E-state index contributed by atoms with van der Waals surface area (Å²) in [6.07, 6.45) is 2.72. The molecule has 0 aliphatic heterocycles. The third kappa shape index (κ3) is 2.42. The van der Waals surface area contributed by atoms with Gasteiger partial charge in [-0.3, -0.25) is 0 Å². The molecule has 3 rings (SSSR count). The van der Waals surface area contributed by atoms with E-state index >= 15 is 0 Å². The molecule has 1 aromatic carbocycles. The van der Waals surface area contributed by atoms with E-state index in [1.54, 1.807) is 7.11 Å². The molecule has 0 atom stereocenters. The van der Waals surface area contributed by atoms with Gasteiger partial charge in [0.1, 0.15) is 11.3 Å². The van der Waals surface area contributed by atoms with Crippen LogP contribution in [0.4, 0.5) is 0 Å². The Kier molecular flexibility index (Phi) is 2.73. The van der Waals surface area contributed by atoms with Crippen LogP contribution in [0, 0.1) is 5.92 Å². The van der Waals surface area contributed by atoms with Crippen LogP contribution in [0.3, 0.4) is 0 Å². The summed E-state index contributed by atoms with van der Waals surface area (Å²) >= 11 is 0. The number of oxazole rings is 1. The minimum absolute atomic E-state index is 0.702. The van der Waals surface area contributed by atoms with E-state index in [4.69, 9.17) is 9.15 Å². The van der Waals surface area contributed by atoms with E-state index in [1.807, 2.05) is 18.2 Å². The Balaban J connectivity index is 1.71. The second kappa shape index (κ2) is 4.37. The van der Waals surface area contributed by atoms with Gasteiger partial charge in [0.15, 0.2) is 5.58 Å². The molecule has 1 aliphatic rings. The summed E-state index contributed by atoms with van der Waals surface area (Å²) < 4.78 is 10.8. The molecule has 0 saturated heterocycles. The number of ether oxygens (including phenoxy) is 1. The van der Waals surface area contributed by atoms with Gasteiger partial charge in [0.2, 0.25) is 5.89 Å². The summed E-state index contributed by atoms with van der Waals surface area (Å²) in [4.78, 5) is 4.43. The van der Waals surface area contributed by atoms with Crippen LogP contribution in [0.1, 0.15) is 18.7 Å². The summed E-state index contributed by atoms with van der Waals surface area (Å²) in [6, 6.07) is 5.67. The molecule has 17 heavy (non-hydrogen) atoms. The van der Waals surface area contributed by atoms with Crippen molar-refractivity contribution >= 4 is 11.1 Å². The quantitative estimate of drug-likeness (QED) is 0.859. The molecule has 4 heteroatoms. The maximum Gasteiger partial charge on any atom is 0.209 e. The molecule has 0 amide bonds. The Hall–Kier alpha value is -1.55. The molecule has 1 aliphatic carbocycles. The van der Waals surface area contributed by atoms with E-state index < -0.39 is 0 Å². The van der Waals surface area contributed by atoms with E-state index in [0.29, 0.717) is 6.54 Å². The number of nitrogens with zero attached hydrogens (tertiary/aromatic N) is 1. The normalized spacial score (nSPS) is 15.4. The number of methoxy groups -OCH3 is 1. The Morgan fingerprint density at radius 3 is 3.12 bits per heavy atom. The highest BCUT2D eigenvalue weighted by molar-refractivity contribution is 5.74. The zero-order chi connectivity index (χ0) is 11.7. The van der Waals surface area contributed by atoms with Gasteiger partial charge < -0.3 is 14.5 Å². The van der Waals surface area contributed by atoms with Gasteiger partial charge >= 0.3 is 0 Å². The minimum Gasteiger partial charge on any atom is -0.497 e. The van der Waals surface area contributed by atoms with Gasteiger partial charge in [-0.05, 0) is 37.4 Å². The zero-order valence-corrected chi connectivity index (χ0v) is 9.90. The van der Waals surface area contributed by atoms with E-state index in [-0.39, 0.29) is 0 Å². The average Bonchev–Trinajstić information content (AvgIpc) is 3.07. The van der Waals surface area contributed by atoms with Crippen LogP contribution < -0.4 is 10.1 Å². The number of benzene rings is 1. The maximum atomic E-state index is 5.64. The van der Waals surface area contributed by atoms with Crippen molar-refractivity contribution in [2.45, 2.75) is 19.4 Å². The third-order valence-corrected chi connectivity index (χ3v) is 3.05. The number of aromatic nitrogens is 1. The van der Waals surface area contributed by atoms with Crippen molar-refractivity contribution in [1.82, 2.24) is 10.3 Å². The lowest BCUT2D eigenvalue weighted by Gasteiger charge is -1.97. The summed E-state index contributed by atoms with van der Waals surface area (Å²) in [6.45, 7) is 1.77. The molecule has 0 unspecified atom stereocenters. The van der Waals surface area contributed by atoms with Gasteiger partial charge in [0.25, 0.3) is 0 Å². The lowest BCUT2D eigenvalue weighted by atomic mass is 10.3. The fraction of sp³-hybridized carbons (Fsp3) is 0.462. The van der Waals surface area contributed by atoms with Crippen molar-refractivity contribution in [2.75, 3.05) is 13.7 Å². The van der Waals surface area contributed by atoms with Crippen molar-refractivity contribution in [3.8, 4) is 5.75 Å².